The third-order valence-corrected chi connectivity index (χ3v) is 6.28. The fourth-order valence-electron chi connectivity index (χ4n) is 4.29. The number of aliphatic hydroxyl groups is 3. The van der Waals surface area contributed by atoms with E-state index in [0.29, 0.717) is 6.61 Å². The molecule has 1 rings (SSSR count). The van der Waals surface area contributed by atoms with Crippen molar-refractivity contribution < 1.29 is 29.6 Å². The Morgan fingerprint density at radius 3 is 1.72 bits per heavy atom. The van der Waals surface area contributed by atoms with Gasteiger partial charge in [-0.05, 0) is 6.42 Å². The van der Waals surface area contributed by atoms with E-state index in [1.54, 1.807) is 0 Å². The molecule has 0 bridgehead atoms. The van der Waals surface area contributed by atoms with Crippen LogP contribution in [-0.4, -0.2) is 65.1 Å². The Morgan fingerprint density at radius 1 is 0.812 bits per heavy atom. The number of nitrogens with one attached hydrogen (secondary N) is 1. The number of hydrogen-bond donors (Lipinski definition) is 4. The van der Waals surface area contributed by atoms with E-state index < -0.39 is 37.3 Å². The van der Waals surface area contributed by atoms with E-state index in [1.165, 1.54) is 90.4 Å². The monoisotopic (exact) mass is 459 g/mol. The topological polar surface area (TPSA) is 108 Å². The molecule has 32 heavy (non-hydrogen) atoms. The molecule has 1 aliphatic rings. The first-order chi connectivity index (χ1) is 15.5. The number of unbranched alkanes of at least 4 members (excludes halogenated alkanes) is 14. The first-order valence-electron chi connectivity index (χ1n) is 13.0. The summed E-state index contributed by atoms with van der Waals surface area (Å²) in [5, 5.41) is 32.2. The van der Waals surface area contributed by atoms with Crippen molar-refractivity contribution >= 4 is 5.91 Å². The van der Waals surface area contributed by atoms with Gasteiger partial charge in [0.05, 0.1) is 6.61 Å². The lowest BCUT2D eigenvalue weighted by Crippen LogP contribution is -2.64. The number of carbonyl (C=O) groups excluding carboxylic acids is 1. The highest BCUT2D eigenvalue weighted by Crippen LogP contribution is 2.22. The minimum Gasteiger partial charge on any atom is -0.394 e. The van der Waals surface area contributed by atoms with E-state index in [0.717, 1.165) is 12.8 Å². The Balaban J connectivity index is 2.04. The van der Waals surface area contributed by atoms with E-state index in [4.69, 9.17) is 9.47 Å². The van der Waals surface area contributed by atoms with Crippen LogP contribution in [0.2, 0.25) is 0 Å². The van der Waals surface area contributed by atoms with E-state index >= 15 is 0 Å². The number of amides is 1. The van der Waals surface area contributed by atoms with Gasteiger partial charge in [-0.15, -0.1) is 0 Å². The first-order valence-corrected chi connectivity index (χ1v) is 13.0. The minimum absolute atomic E-state index is 0.340. The molecule has 0 saturated carbocycles. The quantitative estimate of drug-likeness (QED) is 0.219. The second-order valence-electron chi connectivity index (χ2n) is 9.25. The first kappa shape index (κ1) is 29.3. The lowest BCUT2D eigenvalue weighted by atomic mass is 9.97. The Labute approximate surface area is 195 Å². The molecule has 1 fully saturated rings. The van der Waals surface area contributed by atoms with Crippen molar-refractivity contribution in [2.24, 2.45) is 0 Å². The fourth-order valence-corrected chi connectivity index (χ4v) is 4.29. The second-order valence-corrected chi connectivity index (χ2v) is 9.25. The zero-order valence-corrected chi connectivity index (χ0v) is 20.5. The molecule has 0 radical (unpaired) electrons. The molecular formula is C25H49NO6. The Kier molecular flexibility index (Phi) is 17.1. The predicted octanol–water partition coefficient (Wildman–Crippen LogP) is 3.82. The van der Waals surface area contributed by atoms with E-state index in [1.807, 2.05) is 0 Å². The molecule has 0 aromatic carbocycles. The minimum atomic E-state index is -1.28. The zero-order valence-electron chi connectivity index (χ0n) is 20.5. The van der Waals surface area contributed by atoms with Gasteiger partial charge in [0.15, 0.2) is 6.29 Å². The van der Waals surface area contributed by atoms with Crippen LogP contribution in [0, 0.1) is 0 Å². The SMILES string of the molecule is CCCCCCCCCCCCCCCCCOC1OC(CO)C(O)C(O)C1NC(C)=O. The Morgan fingerprint density at radius 2 is 1.28 bits per heavy atom. The summed E-state index contributed by atoms with van der Waals surface area (Å²) < 4.78 is 11.3. The maximum Gasteiger partial charge on any atom is 0.217 e. The maximum atomic E-state index is 11.4. The summed E-state index contributed by atoms with van der Waals surface area (Å²) in [6, 6.07) is -0.860. The van der Waals surface area contributed by atoms with Gasteiger partial charge in [0.2, 0.25) is 5.91 Å². The number of rotatable bonds is 19. The van der Waals surface area contributed by atoms with Crippen LogP contribution >= 0.6 is 0 Å². The van der Waals surface area contributed by atoms with Crippen LogP contribution in [0.25, 0.3) is 0 Å². The van der Waals surface area contributed by atoms with Crippen LogP contribution in [0.4, 0.5) is 0 Å². The molecule has 7 heteroatoms. The molecule has 0 aromatic heterocycles. The molecule has 5 atom stereocenters. The van der Waals surface area contributed by atoms with Crippen molar-refractivity contribution in [3.05, 3.63) is 0 Å². The lowest BCUT2D eigenvalue weighted by molar-refractivity contribution is -0.270. The highest BCUT2D eigenvalue weighted by atomic mass is 16.7. The van der Waals surface area contributed by atoms with Gasteiger partial charge in [-0.1, -0.05) is 96.8 Å². The second kappa shape index (κ2) is 18.7. The molecular weight excluding hydrogens is 410 g/mol. The fraction of sp³-hybridized carbons (Fsp3) is 0.960. The summed E-state index contributed by atoms with van der Waals surface area (Å²) in [5.41, 5.74) is 0. The predicted molar refractivity (Wildman–Crippen MR) is 126 cm³/mol. The van der Waals surface area contributed by atoms with Crippen LogP contribution in [0.5, 0.6) is 0 Å². The summed E-state index contributed by atoms with van der Waals surface area (Å²) in [5.74, 6) is -0.340. The Bertz CT molecular complexity index is 464. The average Bonchev–Trinajstić information content (AvgIpc) is 2.77. The lowest BCUT2D eigenvalue weighted by Gasteiger charge is -2.42. The number of hydrogen-bond acceptors (Lipinski definition) is 6. The number of aliphatic hydroxyl groups excluding tert-OH is 3. The molecule has 190 valence electrons. The molecule has 1 aliphatic heterocycles. The van der Waals surface area contributed by atoms with Crippen molar-refractivity contribution in [1.82, 2.24) is 5.32 Å². The highest BCUT2D eigenvalue weighted by molar-refractivity contribution is 5.73. The summed E-state index contributed by atoms with van der Waals surface area (Å²) in [7, 11) is 0. The summed E-state index contributed by atoms with van der Waals surface area (Å²) in [6.07, 6.45) is 15.0. The van der Waals surface area contributed by atoms with Crippen LogP contribution in [0.3, 0.4) is 0 Å². The van der Waals surface area contributed by atoms with Crippen molar-refractivity contribution in [3.63, 3.8) is 0 Å². The summed E-state index contributed by atoms with van der Waals surface area (Å²) >= 11 is 0. The smallest absolute Gasteiger partial charge is 0.217 e. The van der Waals surface area contributed by atoms with Crippen molar-refractivity contribution in [1.29, 1.82) is 0 Å². The van der Waals surface area contributed by atoms with Gasteiger partial charge in [0, 0.05) is 13.5 Å². The highest BCUT2D eigenvalue weighted by Gasteiger charge is 2.45. The number of ether oxygens (including phenoxy) is 2. The molecule has 7 nitrogen and oxygen atoms in total. The van der Waals surface area contributed by atoms with Crippen molar-refractivity contribution in [2.45, 2.75) is 141 Å². The third kappa shape index (κ3) is 12.5. The molecule has 1 amide bonds. The van der Waals surface area contributed by atoms with E-state index in [2.05, 4.69) is 12.2 Å². The molecule has 5 unspecified atom stereocenters. The van der Waals surface area contributed by atoms with Crippen LogP contribution in [-0.2, 0) is 14.3 Å². The van der Waals surface area contributed by atoms with Gasteiger partial charge in [-0.3, -0.25) is 4.79 Å². The molecule has 1 heterocycles. The number of carbonyl (C=O) groups is 1. The largest absolute Gasteiger partial charge is 0.394 e. The molecule has 0 aliphatic carbocycles. The van der Waals surface area contributed by atoms with Gasteiger partial charge < -0.3 is 30.1 Å². The van der Waals surface area contributed by atoms with E-state index in [9.17, 15) is 20.1 Å². The molecule has 1 saturated heterocycles. The zero-order chi connectivity index (χ0) is 23.6. The Hall–Kier alpha value is -0.730. The van der Waals surface area contributed by atoms with Crippen LogP contribution in [0.15, 0.2) is 0 Å². The third-order valence-electron chi connectivity index (χ3n) is 6.28. The normalized spacial score (nSPS) is 25.7. The van der Waals surface area contributed by atoms with Crippen molar-refractivity contribution in [3.8, 4) is 0 Å². The standard InChI is InChI=1S/C25H49NO6/c1-3-4-5-6-7-8-9-10-11-12-13-14-15-16-17-18-31-25-22(26-20(2)28)24(30)23(29)21(19-27)32-25/h21-25,27,29-30H,3-19H2,1-2H3,(H,26,28). The van der Waals surface area contributed by atoms with Crippen molar-refractivity contribution in [2.75, 3.05) is 13.2 Å². The van der Waals surface area contributed by atoms with E-state index in [-0.39, 0.29) is 5.91 Å². The average molecular weight is 460 g/mol. The van der Waals surface area contributed by atoms with Gasteiger partial charge in [-0.25, -0.2) is 0 Å². The van der Waals surface area contributed by atoms with Gasteiger partial charge in [-0.2, -0.15) is 0 Å². The molecule has 0 spiro atoms. The van der Waals surface area contributed by atoms with Gasteiger partial charge in [0.1, 0.15) is 24.4 Å². The summed E-state index contributed by atoms with van der Waals surface area (Å²) in [4.78, 5) is 11.4. The summed E-state index contributed by atoms with van der Waals surface area (Å²) in [6.45, 7) is 3.62. The molecule has 0 aromatic rings. The molecule has 4 N–H and O–H groups in total. The van der Waals surface area contributed by atoms with Gasteiger partial charge >= 0.3 is 0 Å². The van der Waals surface area contributed by atoms with Crippen LogP contribution < -0.4 is 5.32 Å². The van der Waals surface area contributed by atoms with Gasteiger partial charge in [0.25, 0.3) is 0 Å². The van der Waals surface area contributed by atoms with Crippen LogP contribution in [0.1, 0.15) is 110 Å². The maximum absolute atomic E-state index is 11.4.